The van der Waals surface area contributed by atoms with Gasteiger partial charge in [-0.1, -0.05) is 10.3 Å². The molecule has 19 heteroatoms. The van der Waals surface area contributed by atoms with E-state index in [1.165, 1.54) is 28.4 Å². The lowest BCUT2D eigenvalue weighted by Gasteiger charge is -2.19. The standard InChI is InChI=1S/C40H39Br5N4O10/c1-52-30-19-32-24(41)16-22(30)8-10-47-40(51)29(49-57-6)17-23-31(53-2)18-27(44)38(35(23)45)59-34-15-21(12-26(43)37(34)55-4)13-28(48-56-5)39(50)46-9-7-20-11-25(42)36(54-3)33(14-20)58-32/h11-12,14-16,18-19H,7-10,13,17H2,1-6H3,(H,46,50)(H,47,51). The Bertz CT molecular complexity index is 2290. The summed E-state index contributed by atoms with van der Waals surface area (Å²) < 4.78 is 38.7. The van der Waals surface area contributed by atoms with Gasteiger partial charge in [0.25, 0.3) is 11.8 Å². The molecule has 0 aromatic heterocycles. The van der Waals surface area contributed by atoms with Crippen molar-refractivity contribution in [1.82, 2.24) is 10.6 Å². The van der Waals surface area contributed by atoms with Gasteiger partial charge in [-0.3, -0.25) is 9.59 Å². The molecule has 2 aliphatic heterocycles. The first kappa shape index (κ1) is 46.0. The summed E-state index contributed by atoms with van der Waals surface area (Å²) in [7, 11) is 8.87. The lowest BCUT2D eigenvalue weighted by Crippen LogP contribution is -2.34. The second-order valence-corrected chi connectivity index (χ2v) is 16.7. The van der Waals surface area contributed by atoms with E-state index in [0.717, 1.165) is 11.1 Å². The first-order chi connectivity index (χ1) is 28.3. The second kappa shape index (κ2) is 21.5. The van der Waals surface area contributed by atoms with Gasteiger partial charge in [-0.05, 0) is 146 Å². The van der Waals surface area contributed by atoms with Crippen molar-refractivity contribution >= 4 is 103 Å². The number of rotatable bonds is 6. The molecule has 4 aromatic carbocycles. The lowest BCUT2D eigenvalue weighted by atomic mass is 10.1. The molecule has 4 aromatic rings. The van der Waals surface area contributed by atoms with E-state index >= 15 is 0 Å². The van der Waals surface area contributed by atoms with Gasteiger partial charge in [0, 0.05) is 37.6 Å². The van der Waals surface area contributed by atoms with Crippen molar-refractivity contribution in [3.05, 3.63) is 87.1 Å². The Balaban J connectivity index is 1.60. The average molecular weight is 1140 g/mol. The topological polar surface area (TPSA) is 157 Å². The van der Waals surface area contributed by atoms with E-state index in [0.29, 0.717) is 92.3 Å². The van der Waals surface area contributed by atoms with Gasteiger partial charge in [-0.2, -0.15) is 0 Å². The van der Waals surface area contributed by atoms with Gasteiger partial charge in [-0.15, -0.1) is 0 Å². The number of methoxy groups -OCH3 is 4. The molecule has 2 aliphatic rings. The summed E-state index contributed by atoms with van der Waals surface area (Å²) in [6, 6.07) is 12.6. The summed E-state index contributed by atoms with van der Waals surface area (Å²) in [5, 5.41) is 14.0. The molecule has 0 unspecified atom stereocenters. The van der Waals surface area contributed by atoms with Crippen molar-refractivity contribution in [3.63, 3.8) is 0 Å². The zero-order valence-corrected chi connectivity index (χ0v) is 40.6. The molecular weight excluding hydrogens is 1100 g/mol. The highest BCUT2D eigenvalue weighted by Gasteiger charge is 2.26. The largest absolute Gasteiger partial charge is 0.496 e. The highest BCUT2D eigenvalue weighted by Crippen LogP contribution is 2.47. The third-order valence-corrected chi connectivity index (χ3v) is 12.0. The van der Waals surface area contributed by atoms with Crippen LogP contribution in [0.15, 0.2) is 75.1 Å². The summed E-state index contributed by atoms with van der Waals surface area (Å²) in [5.74, 6) is 2.49. The Morgan fingerprint density at radius 1 is 0.559 bits per heavy atom. The van der Waals surface area contributed by atoms with E-state index in [9.17, 15) is 9.59 Å². The Morgan fingerprint density at radius 2 is 1.12 bits per heavy atom. The molecule has 0 saturated heterocycles. The van der Waals surface area contributed by atoms with Gasteiger partial charge in [0.2, 0.25) is 0 Å². The normalized spacial score (nSPS) is 15.3. The van der Waals surface area contributed by atoms with E-state index in [2.05, 4.69) is 101 Å². The fourth-order valence-electron chi connectivity index (χ4n) is 6.09. The minimum Gasteiger partial charge on any atom is -0.496 e. The first-order valence-corrected chi connectivity index (χ1v) is 21.6. The molecule has 0 radical (unpaired) electrons. The number of fused-ring (bicyclic) bond motifs is 12. The van der Waals surface area contributed by atoms with Crippen LogP contribution in [0.1, 0.15) is 22.3 Å². The van der Waals surface area contributed by atoms with Gasteiger partial charge in [0.05, 0.1) is 50.8 Å². The summed E-state index contributed by atoms with van der Waals surface area (Å²) in [4.78, 5) is 37.5. The molecule has 0 atom stereocenters. The number of carbonyl (C=O) groups excluding carboxylic acids is 2. The molecule has 0 fully saturated rings. The fraction of sp³-hybridized carbons (Fsp3) is 0.300. The zero-order valence-electron chi connectivity index (χ0n) is 32.7. The highest BCUT2D eigenvalue weighted by atomic mass is 79.9. The molecule has 314 valence electrons. The van der Waals surface area contributed by atoms with E-state index in [1.54, 1.807) is 38.5 Å². The molecule has 2 heterocycles. The average Bonchev–Trinajstić information content (AvgIpc) is 3.20. The maximum absolute atomic E-state index is 13.7. The van der Waals surface area contributed by atoms with Crippen molar-refractivity contribution in [3.8, 4) is 46.0 Å². The van der Waals surface area contributed by atoms with E-state index < -0.39 is 11.8 Å². The molecule has 0 aliphatic carbocycles. The number of halogens is 5. The van der Waals surface area contributed by atoms with E-state index in [1.807, 2.05) is 18.2 Å². The number of hydrogen-bond acceptors (Lipinski definition) is 12. The van der Waals surface area contributed by atoms with Crippen molar-refractivity contribution in [1.29, 1.82) is 0 Å². The van der Waals surface area contributed by atoms with Crippen LogP contribution < -0.4 is 39.1 Å². The van der Waals surface area contributed by atoms with Crippen LogP contribution in [0.5, 0.6) is 46.0 Å². The van der Waals surface area contributed by atoms with Gasteiger partial charge in [-0.25, -0.2) is 0 Å². The molecule has 6 rings (SSSR count). The SMILES string of the molecule is CON=C1Cc2cc(Br)c(OC)c(c2)Oc2c(Br)cc(OC)c(c2Br)CC(=NOC)C(=O)NCCc2cc(Br)c(cc2OC)Oc2cc(cc(Br)c2OC)CCNC1=O. The third-order valence-electron chi connectivity index (χ3n) is 8.79. The molecule has 2 N–H and O–H groups in total. The zero-order chi connectivity index (χ0) is 42.8. The van der Waals surface area contributed by atoms with Crippen molar-refractivity contribution < 1.29 is 47.7 Å². The number of nitrogens with zero attached hydrogens (tertiary/aromatic N) is 2. The van der Waals surface area contributed by atoms with Crippen LogP contribution in [-0.4, -0.2) is 79.0 Å². The maximum Gasteiger partial charge on any atom is 0.269 e. The number of benzene rings is 4. The predicted octanol–water partition coefficient (Wildman–Crippen LogP) is 9.24. The van der Waals surface area contributed by atoms with Crippen molar-refractivity contribution in [2.24, 2.45) is 10.3 Å². The smallest absolute Gasteiger partial charge is 0.269 e. The number of hydrogen-bond donors (Lipinski definition) is 2. The Labute approximate surface area is 383 Å². The number of ether oxygens (including phenoxy) is 6. The fourth-order valence-corrected chi connectivity index (χ4v) is 9.25. The van der Waals surface area contributed by atoms with Crippen LogP contribution in [0.4, 0.5) is 0 Å². The number of nitrogens with one attached hydrogen (secondary N) is 2. The quantitative estimate of drug-likeness (QED) is 0.179. The first-order valence-electron chi connectivity index (χ1n) is 17.6. The van der Waals surface area contributed by atoms with Crippen LogP contribution in [0, 0.1) is 0 Å². The van der Waals surface area contributed by atoms with Crippen LogP contribution in [0.25, 0.3) is 0 Å². The number of amides is 2. The van der Waals surface area contributed by atoms with Crippen molar-refractivity contribution in [2.75, 3.05) is 55.7 Å². The molecule has 59 heavy (non-hydrogen) atoms. The van der Waals surface area contributed by atoms with Crippen LogP contribution >= 0.6 is 79.6 Å². The van der Waals surface area contributed by atoms with Crippen LogP contribution in [0.3, 0.4) is 0 Å². The molecular formula is C40H39Br5N4O10. The Hall–Kier alpha value is -4.04. The van der Waals surface area contributed by atoms with Gasteiger partial charge in [0.15, 0.2) is 28.7 Å². The van der Waals surface area contributed by atoms with Gasteiger partial charge >= 0.3 is 0 Å². The molecule has 0 saturated carbocycles. The Morgan fingerprint density at radius 3 is 1.71 bits per heavy atom. The summed E-state index contributed by atoms with van der Waals surface area (Å²) >= 11 is 18.2. The predicted molar refractivity (Wildman–Crippen MR) is 240 cm³/mol. The minimum absolute atomic E-state index is 0.0123. The van der Waals surface area contributed by atoms with Crippen LogP contribution in [-0.2, 0) is 44.9 Å². The molecule has 14 nitrogen and oxygen atoms in total. The van der Waals surface area contributed by atoms with Gasteiger partial charge < -0.3 is 48.7 Å². The summed E-state index contributed by atoms with van der Waals surface area (Å²) in [6.45, 7) is 0.501. The molecule has 0 spiro atoms. The molecule has 8 bridgehead atoms. The monoisotopic (exact) mass is 1130 g/mol. The maximum atomic E-state index is 13.7. The van der Waals surface area contributed by atoms with E-state index in [4.69, 9.17) is 38.1 Å². The second-order valence-electron chi connectivity index (χ2n) is 12.5. The Kier molecular flexibility index (Phi) is 16.8. The minimum atomic E-state index is -0.463. The molecule has 2 amide bonds. The number of oxime groups is 2. The van der Waals surface area contributed by atoms with Crippen molar-refractivity contribution in [2.45, 2.75) is 25.7 Å². The highest BCUT2D eigenvalue weighted by molar-refractivity contribution is 9.11. The van der Waals surface area contributed by atoms with Gasteiger partial charge in [0.1, 0.15) is 42.9 Å². The third kappa shape index (κ3) is 11.2. The number of carbonyl (C=O) groups is 2. The van der Waals surface area contributed by atoms with E-state index in [-0.39, 0.29) is 37.4 Å². The summed E-state index contributed by atoms with van der Waals surface area (Å²) in [5.41, 5.74) is 3.04. The summed E-state index contributed by atoms with van der Waals surface area (Å²) in [6.07, 6.45) is 0.906. The lowest BCUT2D eigenvalue weighted by molar-refractivity contribution is -0.115. The van der Waals surface area contributed by atoms with Crippen LogP contribution in [0.2, 0.25) is 0 Å².